The molecular formula is C60H52N2. The Morgan fingerprint density at radius 3 is 1.82 bits per heavy atom. The van der Waals surface area contributed by atoms with Crippen LogP contribution >= 0.6 is 0 Å². The summed E-state index contributed by atoms with van der Waals surface area (Å²) in [6, 6.07) is 67.6. The van der Waals surface area contributed by atoms with E-state index in [1.165, 1.54) is 50.1 Å². The van der Waals surface area contributed by atoms with Crippen molar-refractivity contribution in [2.45, 2.75) is 31.1 Å². The molecule has 0 aliphatic heterocycles. The van der Waals surface area contributed by atoms with Crippen molar-refractivity contribution in [2.24, 2.45) is 17.8 Å². The van der Waals surface area contributed by atoms with Crippen molar-refractivity contribution in [3.63, 3.8) is 0 Å². The monoisotopic (exact) mass is 800 g/mol. The van der Waals surface area contributed by atoms with Gasteiger partial charge in [0.15, 0.2) is 0 Å². The maximum absolute atomic E-state index is 6.59. The molecule has 0 bridgehead atoms. The molecule has 5 atom stereocenters. The summed E-state index contributed by atoms with van der Waals surface area (Å²) in [7, 11) is 0. The highest BCUT2D eigenvalue weighted by molar-refractivity contribution is 5.91. The molecule has 3 aliphatic rings. The molecule has 2 heteroatoms. The normalized spacial score (nSPS) is 22.5. The second-order valence-corrected chi connectivity index (χ2v) is 17.4. The van der Waals surface area contributed by atoms with Crippen LogP contribution in [-0.2, 0) is 10.8 Å². The van der Waals surface area contributed by atoms with E-state index in [2.05, 4.69) is 226 Å². The van der Waals surface area contributed by atoms with E-state index in [1.54, 1.807) is 0 Å². The lowest BCUT2D eigenvalue weighted by atomic mass is 9.42. The summed E-state index contributed by atoms with van der Waals surface area (Å²) in [6.07, 6.45) is 15.8. The van der Waals surface area contributed by atoms with Gasteiger partial charge in [0, 0.05) is 22.2 Å². The van der Waals surface area contributed by atoms with Crippen LogP contribution in [-0.4, -0.2) is 0 Å². The Balaban J connectivity index is 1.12. The van der Waals surface area contributed by atoms with Gasteiger partial charge in [0.25, 0.3) is 0 Å². The van der Waals surface area contributed by atoms with Crippen molar-refractivity contribution in [3.8, 4) is 22.3 Å². The van der Waals surface area contributed by atoms with Crippen LogP contribution in [0.3, 0.4) is 0 Å². The molecule has 0 saturated heterocycles. The van der Waals surface area contributed by atoms with Crippen molar-refractivity contribution in [1.82, 2.24) is 0 Å². The van der Waals surface area contributed by atoms with Crippen LogP contribution in [0.15, 0.2) is 237 Å². The minimum absolute atomic E-state index is 0.166. The number of rotatable bonds is 9. The number of hydrogen-bond donors (Lipinski definition) is 1. The number of allylic oxidation sites excluding steroid dienone is 8. The number of nitrogen functional groups attached to an aromatic ring is 1. The fourth-order valence-corrected chi connectivity index (χ4v) is 11.1. The van der Waals surface area contributed by atoms with E-state index in [4.69, 9.17) is 5.73 Å². The average molecular weight is 801 g/mol. The standard InChI is InChI=1S/C60H52N2/c1-42(62(48-25-11-6-12-26-48)58-34-20-19-33-57(58)61)43-35-37-44(38-36-43)47-39-40-55-56(41-47)60(3,52-30-16-14-28-50(52)46-23-9-5-10-24-46)54-32-18-17-31-53(54)59(55,2)51-29-15-13-27-49(51)45-21-7-4-8-22-45/h4-31,33-41,54-56H,1,32,61H2,2-3H3/t54?,55?,56?,59-,60?/m1/s1. The van der Waals surface area contributed by atoms with Crippen molar-refractivity contribution in [3.05, 3.63) is 259 Å². The maximum Gasteiger partial charge on any atom is 0.0691 e. The number of para-hydroxylation sites is 3. The smallest absolute Gasteiger partial charge is 0.0691 e. The van der Waals surface area contributed by atoms with Gasteiger partial charge in [-0.2, -0.15) is 0 Å². The summed E-state index contributed by atoms with van der Waals surface area (Å²) in [5, 5.41) is 0. The molecule has 7 aromatic rings. The summed E-state index contributed by atoms with van der Waals surface area (Å²) >= 11 is 0. The lowest BCUT2D eigenvalue weighted by molar-refractivity contribution is 0.108. The van der Waals surface area contributed by atoms with Crippen LogP contribution in [0.2, 0.25) is 0 Å². The molecule has 4 unspecified atom stereocenters. The zero-order valence-electron chi connectivity index (χ0n) is 35.5. The Morgan fingerprint density at radius 1 is 0.597 bits per heavy atom. The van der Waals surface area contributed by atoms with E-state index in [1.807, 2.05) is 24.3 Å². The predicted octanol–water partition coefficient (Wildman–Crippen LogP) is 15.0. The molecule has 3 aliphatic carbocycles. The lowest BCUT2D eigenvalue weighted by Gasteiger charge is -2.61. The molecule has 1 fully saturated rings. The topological polar surface area (TPSA) is 29.3 Å². The van der Waals surface area contributed by atoms with Crippen LogP contribution in [0.5, 0.6) is 0 Å². The Bertz CT molecular complexity index is 2880. The highest BCUT2D eigenvalue weighted by Gasteiger charge is 2.60. The van der Waals surface area contributed by atoms with Crippen molar-refractivity contribution in [2.75, 3.05) is 10.6 Å². The minimum Gasteiger partial charge on any atom is -0.397 e. The van der Waals surface area contributed by atoms with Gasteiger partial charge in [-0.15, -0.1) is 0 Å². The first-order chi connectivity index (χ1) is 30.4. The highest BCUT2D eigenvalue weighted by atomic mass is 15.2. The molecule has 0 spiro atoms. The first-order valence-corrected chi connectivity index (χ1v) is 21.9. The van der Waals surface area contributed by atoms with Gasteiger partial charge in [-0.05, 0) is 98.5 Å². The van der Waals surface area contributed by atoms with E-state index >= 15 is 0 Å². The van der Waals surface area contributed by atoms with Gasteiger partial charge >= 0.3 is 0 Å². The van der Waals surface area contributed by atoms with Gasteiger partial charge in [0.1, 0.15) is 0 Å². The van der Waals surface area contributed by atoms with Crippen molar-refractivity contribution < 1.29 is 0 Å². The number of anilines is 3. The second kappa shape index (κ2) is 16.0. The van der Waals surface area contributed by atoms with Crippen molar-refractivity contribution in [1.29, 1.82) is 0 Å². The first kappa shape index (κ1) is 39.0. The number of nitrogens with two attached hydrogens (primary N) is 1. The third kappa shape index (κ3) is 6.50. The molecule has 10 rings (SSSR count). The number of benzene rings is 7. The van der Waals surface area contributed by atoms with E-state index < -0.39 is 0 Å². The van der Waals surface area contributed by atoms with Gasteiger partial charge in [0.2, 0.25) is 0 Å². The number of hydrogen-bond acceptors (Lipinski definition) is 2. The summed E-state index contributed by atoms with van der Waals surface area (Å²) in [6.45, 7) is 9.75. The molecule has 7 aromatic carbocycles. The van der Waals surface area contributed by atoms with E-state index in [9.17, 15) is 0 Å². The summed E-state index contributed by atoms with van der Waals surface area (Å²) < 4.78 is 0. The molecule has 2 nitrogen and oxygen atoms in total. The lowest BCUT2D eigenvalue weighted by Crippen LogP contribution is -2.57. The van der Waals surface area contributed by atoms with Gasteiger partial charge in [-0.25, -0.2) is 0 Å². The first-order valence-electron chi connectivity index (χ1n) is 21.9. The van der Waals surface area contributed by atoms with Crippen LogP contribution in [0, 0.1) is 17.8 Å². The SMILES string of the molecule is C=C(c1ccc(C2=CC3C(C=C2)[C@](C)(c2ccccc2-c2ccccc2)C2=CC=CCC2C3(C)c2ccccc2-c2ccccc2)cc1)N(c1ccccc1)c1ccccc1N. The fraction of sp³-hybridized carbons (Fsp3) is 0.133. The zero-order chi connectivity index (χ0) is 42.3. The largest absolute Gasteiger partial charge is 0.397 e. The Kier molecular flexibility index (Phi) is 10.1. The molecule has 0 aromatic heterocycles. The third-order valence-electron chi connectivity index (χ3n) is 14.2. The van der Waals surface area contributed by atoms with Crippen LogP contribution in [0.1, 0.15) is 42.5 Å². The Morgan fingerprint density at radius 2 is 1.16 bits per heavy atom. The Labute approximate surface area is 367 Å². The van der Waals surface area contributed by atoms with Gasteiger partial charge in [0.05, 0.1) is 11.4 Å². The molecule has 62 heavy (non-hydrogen) atoms. The molecular weight excluding hydrogens is 749 g/mol. The summed E-state index contributed by atoms with van der Waals surface area (Å²) in [5.74, 6) is 0.601. The van der Waals surface area contributed by atoms with Crippen LogP contribution < -0.4 is 10.6 Å². The zero-order valence-corrected chi connectivity index (χ0v) is 35.5. The predicted molar refractivity (Wildman–Crippen MR) is 263 cm³/mol. The van der Waals surface area contributed by atoms with E-state index in [0.717, 1.165) is 29.1 Å². The van der Waals surface area contributed by atoms with Crippen LogP contribution in [0.4, 0.5) is 17.1 Å². The summed E-state index contributed by atoms with van der Waals surface area (Å²) in [5.41, 5.74) is 22.5. The van der Waals surface area contributed by atoms with Crippen LogP contribution in [0.25, 0.3) is 33.5 Å². The Hall–Kier alpha value is -7.16. The summed E-state index contributed by atoms with van der Waals surface area (Å²) in [4.78, 5) is 2.16. The van der Waals surface area contributed by atoms with E-state index in [0.29, 0.717) is 5.69 Å². The van der Waals surface area contributed by atoms with E-state index in [-0.39, 0.29) is 28.6 Å². The molecule has 1 saturated carbocycles. The number of fused-ring (bicyclic) bond motifs is 2. The van der Waals surface area contributed by atoms with Gasteiger partial charge < -0.3 is 10.6 Å². The average Bonchev–Trinajstić information content (AvgIpc) is 3.34. The van der Waals surface area contributed by atoms with Gasteiger partial charge in [-0.1, -0.05) is 226 Å². The molecule has 0 radical (unpaired) electrons. The molecule has 0 heterocycles. The van der Waals surface area contributed by atoms with Crippen molar-refractivity contribution >= 4 is 28.3 Å². The maximum atomic E-state index is 6.59. The number of nitrogens with zero attached hydrogens (tertiary/aromatic N) is 1. The molecule has 2 N–H and O–H groups in total. The highest BCUT2D eigenvalue weighted by Crippen LogP contribution is 2.65. The second-order valence-electron chi connectivity index (χ2n) is 17.4. The minimum atomic E-state index is -0.284. The molecule has 302 valence electrons. The quantitative estimate of drug-likeness (QED) is 0.147. The van der Waals surface area contributed by atoms with Gasteiger partial charge in [-0.3, -0.25) is 0 Å². The third-order valence-corrected chi connectivity index (χ3v) is 14.2. The molecule has 0 amide bonds. The fourth-order valence-electron chi connectivity index (χ4n) is 11.1.